The van der Waals surface area contributed by atoms with Crippen LogP contribution in [0.4, 0.5) is 5.69 Å². The maximum absolute atomic E-state index is 12.2. The number of para-hydroxylation sites is 1. The van der Waals surface area contributed by atoms with Gasteiger partial charge >= 0.3 is 0 Å². The second kappa shape index (κ2) is 5.89. The van der Waals surface area contributed by atoms with Crippen LogP contribution in [0.2, 0.25) is 0 Å². The third kappa shape index (κ3) is 2.84. The van der Waals surface area contributed by atoms with Crippen molar-refractivity contribution in [2.45, 2.75) is 39.2 Å². The smallest absolute Gasteiger partial charge is 0.225 e. The second-order valence-electron chi connectivity index (χ2n) is 4.96. The quantitative estimate of drug-likeness (QED) is 0.857. The van der Waals surface area contributed by atoms with Gasteiger partial charge in [0.25, 0.3) is 0 Å². The van der Waals surface area contributed by atoms with E-state index in [9.17, 15) is 4.79 Å². The van der Waals surface area contributed by atoms with E-state index in [0.717, 1.165) is 25.8 Å². The summed E-state index contributed by atoms with van der Waals surface area (Å²) in [6.07, 6.45) is 2.84. The highest BCUT2D eigenvalue weighted by molar-refractivity contribution is 5.81. The molecule has 1 aliphatic rings. The largest absolute Gasteiger partial charge is 0.384 e. The van der Waals surface area contributed by atoms with Gasteiger partial charge in [0, 0.05) is 18.3 Å². The van der Waals surface area contributed by atoms with Gasteiger partial charge in [0.05, 0.1) is 5.92 Å². The zero-order valence-corrected chi connectivity index (χ0v) is 11.2. The second-order valence-corrected chi connectivity index (χ2v) is 4.96. The third-order valence-electron chi connectivity index (χ3n) is 3.73. The van der Waals surface area contributed by atoms with Crippen molar-refractivity contribution in [1.82, 2.24) is 5.32 Å². The van der Waals surface area contributed by atoms with E-state index in [0.29, 0.717) is 6.04 Å². The summed E-state index contributed by atoms with van der Waals surface area (Å²) in [7, 11) is 0. The van der Waals surface area contributed by atoms with Crippen LogP contribution in [0.5, 0.6) is 0 Å². The topological polar surface area (TPSA) is 41.1 Å². The Hall–Kier alpha value is -1.51. The van der Waals surface area contributed by atoms with Gasteiger partial charge in [-0.1, -0.05) is 32.0 Å². The molecule has 0 saturated carbocycles. The monoisotopic (exact) mass is 246 g/mol. The number of rotatable bonds is 4. The van der Waals surface area contributed by atoms with Crippen molar-refractivity contribution in [3.8, 4) is 0 Å². The van der Waals surface area contributed by atoms with Gasteiger partial charge in [-0.25, -0.2) is 0 Å². The van der Waals surface area contributed by atoms with Crippen molar-refractivity contribution in [3.63, 3.8) is 0 Å². The van der Waals surface area contributed by atoms with Gasteiger partial charge in [-0.2, -0.15) is 0 Å². The Balaban J connectivity index is 1.98. The summed E-state index contributed by atoms with van der Waals surface area (Å²) >= 11 is 0. The van der Waals surface area contributed by atoms with Crippen LogP contribution in [0.1, 0.15) is 32.3 Å². The minimum Gasteiger partial charge on any atom is -0.384 e. The van der Waals surface area contributed by atoms with Crippen molar-refractivity contribution in [3.05, 3.63) is 29.8 Å². The van der Waals surface area contributed by atoms with Crippen LogP contribution in [0.15, 0.2) is 24.3 Å². The Bertz CT molecular complexity index is 413. The molecule has 1 aromatic carbocycles. The predicted octanol–water partition coefficient (Wildman–Crippen LogP) is 2.58. The minimum atomic E-state index is 0.0560. The van der Waals surface area contributed by atoms with Crippen molar-refractivity contribution < 1.29 is 4.79 Å². The molecule has 2 rings (SSSR count). The summed E-state index contributed by atoms with van der Waals surface area (Å²) in [5, 5.41) is 6.48. The maximum atomic E-state index is 12.2. The number of fused-ring (bicyclic) bond motifs is 1. The average Bonchev–Trinajstić information content (AvgIpc) is 2.44. The number of hydrogen-bond donors (Lipinski definition) is 2. The Morgan fingerprint density at radius 3 is 2.83 bits per heavy atom. The van der Waals surface area contributed by atoms with E-state index in [1.807, 2.05) is 12.1 Å². The first-order valence-electron chi connectivity index (χ1n) is 6.86. The lowest BCUT2D eigenvalue weighted by molar-refractivity contribution is -0.125. The van der Waals surface area contributed by atoms with E-state index < -0.39 is 0 Å². The summed E-state index contributed by atoms with van der Waals surface area (Å²) in [6.45, 7) is 4.97. The molecule has 0 radical (unpaired) electrons. The van der Waals surface area contributed by atoms with Gasteiger partial charge in [-0.3, -0.25) is 4.79 Å². The van der Waals surface area contributed by atoms with Gasteiger partial charge in [0.1, 0.15) is 0 Å². The van der Waals surface area contributed by atoms with Gasteiger partial charge in [0.2, 0.25) is 5.91 Å². The highest BCUT2D eigenvalue weighted by atomic mass is 16.2. The van der Waals surface area contributed by atoms with Crippen LogP contribution < -0.4 is 10.6 Å². The molecule has 0 aromatic heterocycles. The van der Waals surface area contributed by atoms with Crippen LogP contribution >= 0.6 is 0 Å². The number of amides is 1. The van der Waals surface area contributed by atoms with Gasteiger partial charge in [0.15, 0.2) is 0 Å². The lowest BCUT2D eigenvalue weighted by Crippen LogP contribution is -2.42. The van der Waals surface area contributed by atoms with E-state index in [1.165, 1.54) is 11.3 Å². The molecule has 1 unspecified atom stereocenters. The van der Waals surface area contributed by atoms with Crippen molar-refractivity contribution in [2.24, 2.45) is 5.92 Å². The Morgan fingerprint density at radius 2 is 2.11 bits per heavy atom. The summed E-state index contributed by atoms with van der Waals surface area (Å²) in [4.78, 5) is 12.2. The number of carbonyl (C=O) groups excluding carboxylic acids is 1. The molecule has 1 aromatic rings. The summed E-state index contributed by atoms with van der Waals surface area (Å²) < 4.78 is 0. The molecule has 18 heavy (non-hydrogen) atoms. The van der Waals surface area contributed by atoms with Gasteiger partial charge in [-0.15, -0.1) is 0 Å². The minimum absolute atomic E-state index is 0.0560. The highest BCUT2D eigenvalue weighted by Crippen LogP contribution is 2.24. The van der Waals surface area contributed by atoms with Crippen LogP contribution in [0, 0.1) is 5.92 Å². The first-order valence-corrected chi connectivity index (χ1v) is 6.86. The SMILES string of the molecule is CCC(CC)NC(=O)C1CNc2ccccc2C1. The Labute approximate surface area is 109 Å². The van der Waals surface area contributed by atoms with Crippen molar-refractivity contribution in [1.29, 1.82) is 0 Å². The maximum Gasteiger partial charge on any atom is 0.225 e. The molecule has 2 N–H and O–H groups in total. The average molecular weight is 246 g/mol. The molecule has 1 atom stereocenters. The summed E-state index contributed by atoms with van der Waals surface area (Å²) in [6, 6.07) is 8.54. The molecular formula is C15H22N2O. The van der Waals surface area contributed by atoms with Gasteiger partial charge in [-0.05, 0) is 30.9 Å². The molecular weight excluding hydrogens is 224 g/mol. The first-order chi connectivity index (χ1) is 8.74. The zero-order chi connectivity index (χ0) is 13.0. The number of anilines is 1. The van der Waals surface area contributed by atoms with Crippen molar-refractivity contribution in [2.75, 3.05) is 11.9 Å². The number of nitrogens with one attached hydrogen (secondary N) is 2. The van der Waals surface area contributed by atoms with E-state index in [2.05, 4.69) is 36.6 Å². The molecule has 1 heterocycles. The summed E-state index contributed by atoms with van der Waals surface area (Å²) in [5.41, 5.74) is 2.41. The zero-order valence-electron chi connectivity index (χ0n) is 11.2. The molecule has 1 amide bonds. The molecule has 98 valence electrons. The molecule has 3 nitrogen and oxygen atoms in total. The normalized spacial score (nSPS) is 18.1. The fraction of sp³-hybridized carbons (Fsp3) is 0.533. The summed E-state index contributed by atoms with van der Waals surface area (Å²) in [5.74, 6) is 0.242. The lowest BCUT2D eigenvalue weighted by atomic mass is 9.93. The predicted molar refractivity (Wildman–Crippen MR) is 74.6 cm³/mol. The number of benzene rings is 1. The van der Waals surface area contributed by atoms with Crippen molar-refractivity contribution >= 4 is 11.6 Å². The van der Waals surface area contributed by atoms with E-state index in [-0.39, 0.29) is 11.8 Å². The molecule has 0 spiro atoms. The van der Waals surface area contributed by atoms with Crippen LogP contribution in [0.25, 0.3) is 0 Å². The molecule has 0 fully saturated rings. The first kappa shape index (κ1) is 12.9. The fourth-order valence-electron chi connectivity index (χ4n) is 2.44. The van der Waals surface area contributed by atoms with Crippen LogP contribution in [0.3, 0.4) is 0 Å². The number of hydrogen-bond acceptors (Lipinski definition) is 2. The van der Waals surface area contributed by atoms with Crippen LogP contribution in [-0.4, -0.2) is 18.5 Å². The highest BCUT2D eigenvalue weighted by Gasteiger charge is 2.25. The lowest BCUT2D eigenvalue weighted by Gasteiger charge is -2.27. The molecule has 1 aliphatic heterocycles. The molecule has 3 heteroatoms. The van der Waals surface area contributed by atoms with E-state index in [4.69, 9.17) is 0 Å². The standard InChI is InChI=1S/C15H22N2O/c1-3-13(4-2)17-15(18)12-9-11-7-5-6-8-14(11)16-10-12/h5-8,12-13,16H,3-4,9-10H2,1-2H3,(H,17,18). The third-order valence-corrected chi connectivity index (χ3v) is 3.73. The Morgan fingerprint density at radius 1 is 1.39 bits per heavy atom. The molecule has 0 aliphatic carbocycles. The van der Waals surface area contributed by atoms with Gasteiger partial charge < -0.3 is 10.6 Å². The Kier molecular flexibility index (Phi) is 4.24. The van der Waals surface area contributed by atoms with E-state index >= 15 is 0 Å². The fourth-order valence-corrected chi connectivity index (χ4v) is 2.44. The number of carbonyl (C=O) groups is 1. The van der Waals surface area contributed by atoms with E-state index in [1.54, 1.807) is 0 Å². The molecule has 0 saturated heterocycles. The molecule has 0 bridgehead atoms. The van der Waals surface area contributed by atoms with Crippen LogP contribution in [-0.2, 0) is 11.2 Å².